The number of rotatable bonds is 6. The van der Waals surface area contributed by atoms with Crippen molar-refractivity contribution in [3.63, 3.8) is 0 Å². The van der Waals surface area contributed by atoms with Crippen LogP contribution in [0.5, 0.6) is 5.75 Å². The summed E-state index contributed by atoms with van der Waals surface area (Å²) in [4.78, 5) is 16.4. The molecule has 0 aliphatic rings. The first kappa shape index (κ1) is 16.1. The van der Waals surface area contributed by atoms with Gasteiger partial charge in [0.2, 0.25) is 0 Å². The van der Waals surface area contributed by atoms with Crippen LogP contribution in [0.3, 0.4) is 0 Å². The molecule has 0 fully saturated rings. The van der Waals surface area contributed by atoms with Crippen LogP contribution < -0.4 is 15.4 Å². The van der Waals surface area contributed by atoms with Gasteiger partial charge in [-0.1, -0.05) is 18.5 Å². The van der Waals surface area contributed by atoms with Gasteiger partial charge in [0, 0.05) is 24.0 Å². The number of amides is 1. The van der Waals surface area contributed by atoms with Crippen molar-refractivity contribution in [2.24, 2.45) is 0 Å². The van der Waals surface area contributed by atoms with E-state index in [1.54, 1.807) is 30.5 Å². The first-order chi connectivity index (χ1) is 10.6. The Labute approximate surface area is 134 Å². The molecule has 1 aromatic carbocycles. The van der Waals surface area contributed by atoms with Crippen LogP contribution in [0.4, 0.5) is 11.4 Å². The lowest BCUT2D eigenvalue weighted by Crippen LogP contribution is -2.13. The highest BCUT2D eigenvalue weighted by Gasteiger charge is 2.11. The summed E-state index contributed by atoms with van der Waals surface area (Å²) in [6, 6.07) is 6.81. The van der Waals surface area contributed by atoms with Crippen LogP contribution in [-0.2, 0) is 0 Å². The van der Waals surface area contributed by atoms with Crippen molar-refractivity contribution >= 4 is 28.9 Å². The van der Waals surface area contributed by atoms with Crippen molar-refractivity contribution in [3.8, 4) is 5.75 Å². The van der Waals surface area contributed by atoms with Crippen LogP contribution in [0.2, 0.25) is 5.02 Å². The first-order valence-electron chi connectivity index (χ1n) is 6.98. The van der Waals surface area contributed by atoms with Crippen LogP contribution in [-0.4, -0.2) is 24.5 Å². The zero-order valence-electron chi connectivity index (χ0n) is 12.5. The van der Waals surface area contributed by atoms with Crippen molar-refractivity contribution in [2.45, 2.75) is 13.3 Å². The fourth-order valence-corrected chi connectivity index (χ4v) is 2.07. The lowest BCUT2D eigenvalue weighted by atomic mass is 10.2. The zero-order valence-corrected chi connectivity index (χ0v) is 13.3. The molecule has 2 aromatic rings. The average Bonchev–Trinajstić information content (AvgIpc) is 2.53. The number of hydrogen-bond donors (Lipinski definition) is 2. The molecule has 1 heterocycles. The van der Waals surface area contributed by atoms with Crippen molar-refractivity contribution in [3.05, 3.63) is 47.2 Å². The molecule has 116 valence electrons. The molecule has 0 atom stereocenters. The van der Waals surface area contributed by atoms with Gasteiger partial charge >= 0.3 is 0 Å². The average molecular weight is 320 g/mol. The van der Waals surface area contributed by atoms with Gasteiger partial charge in [-0.3, -0.25) is 9.78 Å². The molecule has 0 bridgehead atoms. The van der Waals surface area contributed by atoms with E-state index in [1.165, 1.54) is 13.3 Å². The van der Waals surface area contributed by atoms with E-state index in [2.05, 4.69) is 22.5 Å². The quantitative estimate of drug-likeness (QED) is 0.849. The standard InChI is InChI=1S/C16H18ClN3O2/c1-3-6-19-13-7-11(9-18-10-13)16(21)20-14-8-12(17)4-5-15(14)22-2/h4-5,7-10,19H,3,6H2,1-2H3,(H,20,21). The number of aromatic nitrogens is 1. The number of nitrogens with one attached hydrogen (secondary N) is 2. The predicted octanol–water partition coefficient (Wildman–Crippen LogP) is 3.82. The zero-order chi connectivity index (χ0) is 15.9. The molecule has 5 nitrogen and oxygen atoms in total. The normalized spacial score (nSPS) is 10.1. The molecule has 0 unspecified atom stereocenters. The van der Waals surface area contributed by atoms with Crippen molar-refractivity contribution in [1.82, 2.24) is 4.98 Å². The van der Waals surface area contributed by atoms with Gasteiger partial charge in [-0.2, -0.15) is 0 Å². The minimum Gasteiger partial charge on any atom is -0.495 e. The second-order valence-corrected chi connectivity index (χ2v) is 5.12. The number of carbonyl (C=O) groups excluding carboxylic acids is 1. The Kier molecular flexibility index (Phi) is 5.61. The van der Waals surface area contributed by atoms with E-state index in [1.807, 2.05) is 0 Å². The number of nitrogens with zero attached hydrogens (tertiary/aromatic N) is 1. The summed E-state index contributed by atoms with van der Waals surface area (Å²) >= 11 is 5.96. The Morgan fingerprint density at radius 2 is 2.14 bits per heavy atom. The van der Waals surface area contributed by atoms with Gasteiger partial charge in [0.05, 0.1) is 24.0 Å². The molecule has 6 heteroatoms. The highest BCUT2D eigenvalue weighted by atomic mass is 35.5. The van der Waals surface area contributed by atoms with E-state index >= 15 is 0 Å². The molecule has 0 radical (unpaired) electrons. The molecule has 0 spiro atoms. The van der Waals surface area contributed by atoms with Gasteiger partial charge in [-0.05, 0) is 30.7 Å². The fraction of sp³-hybridized carbons (Fsp3) is 0.250. The number of ether oxygens (including phenoxy) is 1. The molecule has 0 saturated heterocycles. The number of halogens is 1. The second-order valence-electron chi connectivity index (χ2n) is 4.69. The number of benzene rings is 1. The highest BCUT2D eigenvalue weighted by Crippen LogP contribution is 2.28. The molecule has 1 amide bonds. The summed E-state index contributed by atoms with van der Waals surface area (Å²) in [5.41, 5.74) is 1.79. The predicted molar refractivity (Wildman–Crippen MR) is 89.0 cm³/mol. The SMILES string of the molecule is CCCNc1cncc(C(=O)Nc2cc(Cl)ccc2OC)c1. The van der Waals surface area contributed by atoms with E-state index in [0.717, 1.165) is 18.7 Å². The molecule has 0 saturated carbocycles. The van der Waals surface area contributed by atoms with Gasteiger partial charge in [0.1, 0.15) is 5.75 Å². The number of carbonyl (C=O) groups is 1. The third-order valence-corrected chi connectivity index (χ3v) is 3.22. The maximum Gasteiger partial charge on any atom is 0.257 e. The summed E-state index contributed by atoms with van der Waals surface area (Å²) < 4.78 is 5.21. The summed E-state index contributed by atoms with van der Waals surface area (Å²) in [7, 11) is 1.54. The van der Waals surface area contributed by atoms with Crippen molar-refractivity contribution in [2.75, 3.05) is 24.3 Å². The molecule has 2 rings (SSSR count). The van der Waals surface area contributed by atoms with Gasteiger partial charge < -0.3 is 15.4 Å². The summed E-state index contributed by atoms with van der Waals surface area (Å²) in [6.45, 7) is 2.90. The number of anilines is 2. The van der Waals surface area contributed by atoms with E-state index in [4.69, 9.17) is 16.3 Å². The fourth-order valence-electron chi connectivity index (χ4n) is 1.90. The van der Waals surface area contributed by atoms with Gasteiger partial charge in [0.15, 0.2) is 0 Å². The highest BCUT2D eigenvalue weighted by molar-refractivity contribution is 6.31. The molecule has 0 aliphatic heterocycles. The molecular formula is C16H18ClN3O2. The van der Waals surface area contributed by atoms with E-state index in [0.29, 0.717) is 22.0 Å². The lowest BCUT2D eigenvalue weighted by Gasteiger charge is -2.11. The Hall–Kier alpha value is -2.27. The number of methoxy groups -OCH3 is 1. The molecule has 22 heavy (non-hydrogen) atoms. The molecule has 0 aliphatic carbocycles. The van der Waals surface area contributed by atoms with Crippen LogP contribution in [0.15, 0.2) is 36.7 Å². The third-order valence-electron chi connectivity index (χ3n) is 2.99. The van der Waals surface area contributed by atoms with Crippen LogP contribution in [0, 0.1) is 0 Å². The monoisotopic (exact) mass is 319 g/mol. The molecule has 1 aromatic heterocycles. The van der Waals surface area contributed by atoms with Crippen molar-refractivity contribution in [1.29, 1.82) is 0 Å². The Bertz CT molecular complexity index is 662. The summed E-state index contributed by atoms with van der Waals surface area (Å²) in [5, 5.41) is 6.50. The number of pyridine rings is 1. The Morgan fingerprint density at radius 3 is 2.86 bits per heavy atom. The minimum absolute atomic E-state index is 0.270. The van der Waals surface area contributed by atoms with Crippen molar-refractivity contribution < 1.29 is 9.53 Å². The van der Waals surface area contributed by atoms with Gasteiger partial charge in [0.25, 0.3) is 5.91 Å². The summed E-state index contributed by atoms with van der Waals surface area (Å²) in [5.74, 6) is 0.277. The maximum absolute atomic E-state index is 12.3. The lowest BCUT2D eigenvalue weighted by molar-refractivity contribution is 0.102. The maximum atomic E-state index is 12.3. The van der Waals surface area contributed by atoms with E-state index < -0.39 is 0 Å². The molecular weight excluding hydrogens is 302 g/mol. The van der Waals surface area contributed by atoms with Crippen LogP contribution >= 0.6 is 11.6 Å². The van der Waals surface area contributed by atoms with Crippen LogP contribution in [0.1, 0.15) is 23.7 Å². The Balaban J connectivity index is 2.17. The largest absolute Gasteiger partial charge is 0.495 e. The van der Waals surface area contributed by atoms with Crippen LogP contribution in [0.25, 0.3) is 0 Å². The van der Waals surface area contributed by atoms with E-state index in [9.17, 15) is 4.79 Å². The molecule has 2 N–H and O–H groups in total. The second kappa shape index (κ2) is 7.66. The van der Waals surface area contributed by atoms with E-state index in [-0.39, 0.29) is 5.91 Å². The Morgan fingerprint density at radius 1 is 1.32 bits per heavy atom. The first-order valence-corrected chi connectivity index (χ1v) is 7.35. The topological polar surface area (TPSA) is 63.2 Å². The van der Waals surface area contributed by atoms with Gasteiger partial charge in [-0.15, -0.1) is 0 Å². The third kappa shape index (κ3) is 4.11. The smallest absolute Gasteiger partial charge is 0.257 e. The van der Waals surface area contributed by atoms with Gasteiger partial charge in [-0.25, -0.2) is 0 Å². The minimum atomic E-state index is -0.270. The number of hydrogen-bond acceptors (Lipinski definition) is 4. The summed E-state index contributed by atoms with van der Waals surface area (Å²) in [6.07, 6.45) is 4.20.